The van der Waals surface area contributed by atoms with Gasteiger partial charge in [-0.2, -0.15) is 0 Å². The van der Waals surface area contributed by atoms with E-state index >= 15 is 0 Å². The van der Waals surface area contributed by atoms with Crippen molar-refractivity contribution in [3.8, 4) is 0 Å². The topological polar surface area (TPSA) is 88.1 Å². The Bertz CT molecular complexity index is 1040. The molecule has 1 aliphatic heterocycles. The van der Waals surface area contributed by atoms with Gasteiger partial charge in [-0.1, -0.05) is 18.2 Å². The molecule has 0 bridgehead atoms. The summed E-state index contributed by atoms with van der Waals surface area (Å²) in [5.74, 6) is 0.248. The van der Waals surface area contributed by atoms with E-state index in [2.05, 4.69) is 20.3 Å². The molecular formula is C23H23N5O2. The van der Waals surface area contributed by atoms with Gasteiger partial charge in [0.25, 0.3) is 11.8 Å². The van der Waals surface area contributed by atoms with Crippen molar-refractivity contribution in [2.45, 2.75) is 32.2 Å². The molecule has 1 aliphatic rings. The Hall–Kier alpha value is -3.61. The van der Waals surface area contributed by atoms with Crippen LogP contribution in [0.4, 0.5) is 5.69 Å². The summed E-state index contributed by atoms with van der Waals surface area (Å²) in [6, 6.07) is 12.6. The zero-order valence-electron chi connectivity index (χ0n) is 16.8. The van der Waals surface area contributed by atoms with Crippen LogP contribution in [-0.2, 0) is 0 Å². The van der Waals surface area contributed by atoms with E-state index in [1.165, 1.54) is 0 Å². The van der Waals surface area contributed by atoms with Crippen LogP contribution in [0.3, 0.4) is 0 Å². The minimum Gasteiger partial charge on any atom is -0.328 e. The lowest BCUT2D eigenvalue weighted by Crippen LogP contribution is -2.39. The summed E-state index contributed by atoms with van der Waals surface area (Å²) in [4.78, 5) is 40.6. The second kappa shape index (κ2) is 8.82. The molecule has 1 aromatic carbocycles. The maximum absolute atomic E-state index is 13.0. The molecule has 0 radical (unpaired) electrons. The third-order valence-electron chi connectivity index (χ3n) is 5.24. The molecule has 152 valence electrons. The summed E-state index contributed by atoms with van der Waals surface area (Å²) < 4.78 is 0. The van der Waals surface area contributed by atoms with Crippen LogP contribution in [0.15, 0.2) is 61.1 Å². The summed E-state index contributed by atoms with van der Waals surface area (Å²) in [6.07, 6.45) is 7.52. The van der Waals surface area contributed by atoms with Gasteiger partial charge in [0.05, 0.1) is 22.9 Å². The number of pyridine rings is 1. The van der Waals surface area contributed by atoms with E-state index in [1.54, 1.807) is 37.6 Å². The van der Waals surface area contributed by atoms with E-state index in [4.69, 9.17) is 0 Å². The summed E-state index contributed by atoms with van der Waals surface area (Å²) in [5.41, 5.74) is 2.28. The van der Waals surface area contributed by atoms with Crippen LogP contribution >= 0.6 is 0 Å². The summed E-state index contributed by atoms with van der Waals surface area (Å²) in [7, 11) is 0. The number of anilines is 1. The van der Waals surface area contributed by atoms with Gasteiger partial charge < -0.3 is 10.2 Å². The first-order valence-corrected chi connectivity index (χ1v) is 10.0. The minimum atomic E-state index is -0.253. The fraction of sp³-hybridized carbons (Fsp3) is 0.261. The Balaban J connectivity index is 1.56. The zero-order chi connectivity index (χ0) is 20.9. The van der Waals surface area contributed by atoms with Gasteiger partial charge in [-0.3, -0.25) is 14.6 Å². The molecule has 1 unspecified atom stereocenters. The number of piperidine rings is 1. The smallest absolute Gasteiger partial charge is 0.259 e. The fourth-order valence-electron chi connectivity index (χ4n) is 3.69. The molecule has 3 aromatic rings. The van der Waals surface area contributed by atoms with Crippen LogP contribution in [-0.4, -0.2) is 38.2 Å². The van der Waals surface area contributed by atoms with E-state index in [-0.39, 0.29) is 17.9 Å². The summed E-state index contributed by atoms with van der Waals surface area (Å²) in [5, 5.41) is 2.86. The molecule has 0 saturated carbocycles. The number of para-hydroxylation sites is 1. The maximum Gasteiger partial charge on any atom is 0.259 e. The number of hydrogen-bond donors (Lipinski definition) is 1. The van der Waals surface area contributed by atoms with Crippen molar-refractivity contribution in [2.75, 3.05) is 11.9 Å². The number of benzene rings is 1. The molecule has 1 fully saturated rings. The minimum absolute atomic E-state index is 0.0695. The largest absolute Gasteiger partial charge is 0.328 e. The Kier molecular flexibility index (Phi) is 5.79. The number of nitrogens with zero attached hydrogens (tertiary/aromatic N) is 4. The molecule has 4 rings (SSSR count). The first-order valence-electron chi connectivity index (χ1n) is 10.0. The molecule has 0 spiro atoms. The highest BCUT2D eigenvalue weighted by Gasteiger charge is 2.31. The van der Waals surface area contributed by atoms with Gasteiger partial charge in [0.1, 0.15) is 0 Å². The van der Waals surface area contributed by atoms with Crippen molar-refractivity contribution in [2.24, 2.45) is 0 Å². The average Bonchev–Trinajstić information content (AvgIpc) is 2.79. The lowest BCUT2D eigenvalue weighted by atomic mass is 10.00. The number of rotatable bonds is 4. The number of aryl methyl sites for hydroxylation is 1. The number of carbonyl (C=O) groups is 2. The molecule has 7 nitrogen and oxygen atoms in total. The second-order valence-corrected chi connectivity index (χ2v) is 7.30. The van der Waals surface area contributed by atoms with Crippen molar-refractivity contribution in [3.63, 3.8) is 0 Å². The number of carbonyl (C=O) groups excluding carboxylic acids is 2. The molecule has 3 heterocycles. The molecule has 1 N–H and O–H groups in total. The Morgan fingerprint density at radius 1 is 1.07 bits per heavy atom. The van der Waals surface area contributed by atoms with Crippen LogP contribution in [0.2, 0.25) is 0 Å². The standard InChI is InChI=1S/C23H23N5O2/c1-16-19(22(29)27-18-9-3-2-4-10-18)15-25-21(26-16)20-11-5-6-13-28(20)23(30)17-8-7-12-24-14-17/h2-4,7-10,12,14-15,20H,5-6,11,13H2,1H3,(H,27,29). The molecule has 30 heavy (non-hydrogen) atoms. The average molecular weight is 401 g/mol. The van der Waals surface area contributed by atoms with E-state index in [9.17, 15) is 9.59 Å². The molecule has 1 saturated heterocycles. The van der Waals surface area contributed by atoms with E-state index < -0.39 is 0 Å². The van der Waals surface area contributed by atoms with Gasteiger partial charge in [-0.05, 0) is 50.5 Å². The third kappa shape index (κ3) is 4.20. The van der Waals surface area contributed by atoms with Crippen LogP contribution < -0.4 is 5.32 Å². The number of aromatic nitrogens is 3. The first-order chi connectivity index (χ1) is 14.6. The first kappa shape index (κ1) is 19.7. The van der Waals surface area contributed by atoms with Crippen molar-refractivity contribution in [1.82, 2.24) is 19.9 Å². The zero-order valence-corrected chi connectivity index (χ0v) is 16.8. The van der Waals surface area contributed by atoms with Crippen molar-refractivity contribution >= 4 is 17.5 Å². The molecule has 2 aromatic heterocycles. The Morgan fingerprint density at radius 3 is 2.63 bits per heavy atom. The normalized spacial score (nSPS) is 16.2. The van der Waals surface area contributed by atoms with Crippen molar-refractivity contribution in [3.05, 3.63) is 83.7 Å². The van der Waals surface area contributed by atoms with E-state index in [0.717, 1.165) is 19.3 Å². The van der Waals surface area contributed by atoms with Gasteiger partial charge in [0, 0.05) is 30.8 Å². The monoisotopic (exact) mass is 401 g/mol. The molecule has 2 amide bonds. The highest BCUT2D eigenvalue weighted by molar-refractivity contribution is 6.04. The van der Waals surface area contributed by atoms with Crippen LogP contribution in [0, 0.1) is 6.92 Å². The van der Waals surface area contributed by atoms with Gasteiger partial charge in [-0.15, -0.1) is 0 Å². The van der Waals surface area contributed by atoms with Gasteiger partial charge in [0.2, 0.25) is 0 Å². The maximum atomic E-state index is 13.0. The number of nitrogens with one attached hydrogen (secondary N) is 1. The predicted octanol–water partition coefficient (Wildman–Crippen LogP) is 3.80. The third-order valence-corrected chi connectivity index (χ3v) is 5.24. The van der Waals surface area contributed by atoms with Crippen molar-refractivity contribution < 1.29 is 9.59 Å². The van der Waals surface area contributed by atoms with Gasteiger partial charge in [0.15, 0.2) is 5.82 Å². The predicted molar refractivity (Wildman–Crippen MR) is 113 cm³/mol. The molecule has 1 atom stereocenters. The lowest BCUT2D eigenvalue weighted by Gasteiger charge is -2.34. The number of likely N-dealkylation sites (tertiary alicyclic amines) is 1. The Morgan fingerprint density at radius 2 is 1.90 bits per heavy atom. The summed E-state index contributed by atoms with van der Waals surface area (Å²) >= 11 is 0. The summed E-state index contributed by atoms with van der Waals surface area (Å²) in [6.45, 7) is 2.44. The highest BCUT2D eigenvalue weighted by Crippen LogP contribution is 2.30. The Labute approximate surface area is 175 Å². The molecule has 0 aliphatic carbocycles. The van der Waals surface area contributed by atoms with E-state index in [1.807, 2.05) is 35.2 Å². The van der Waals surface area contributed by atoms with E-state index in [0.29, 0.717) is 34.9 Å². The van der Waals surface area contributed by atoms with Crippen LogP contribution in [0.5, 0.6) is 0 Å². The quantitative estimate of drug-likeness (QED) is 0.718. The van der Waals surface area contributed by atoms with Gasteiger partial charge in [-0.25, -0.2) is 9.97 Å². The molecular weight excluding hydrogens is 378 g/mol. The SMILES string of the molecule is Cc1nc(C2CCCCN2C(=O)c2cccnc2)ncc1C(=O)Nc1ccccc1. The van der Waals surface area contributed by atoms with Gasteiger partial charge >= 0.3 is 0 Å². The highest BCUT2D eigenvalue weighted by atomic mass is 16.2. The lowest BCUT2D eigenvalue weighted by molar-refractivity contribution is 0.0598. The molecule has 7 heteroatoms. The van der Waals surface area contributed by atoms with Crippen LogP contribution in [0.1, 0.15) is 57.5 Å². The number of amides is 2. The second-order valence-electron chi connectivity index (χ2n) is 7.30. The fourth-order valence-corrected chi connectivity index (χ4v) is 3.69. The van der Waals surface area contributed by atoms with Crippen LogP contribution in [0.25, 0.3) is 0 Å². The number of hydrogen-bond acceptors (Lipinski definition) is 5. The van der Waals surface area contributed by atoms with Crippen molar-refractivity contribution in [1.29, 1.82) is 0 Å².